The Labute approximate surface area is 130 Å². The van der Waals surface area contributed by atoms with Crippen LogP contribution in [0, 0.1) is 0 Å². The van der Waals surface area contributed by atoms with Crippen molar-refractivity contribution in [2.24, 2.45) is 0 Å². The van der Waals surface area contributed by atoms with Gasteiger partial charge >= 0.3 is 0 Å². The van der Waals surface area contributed by atoms with E-state index in [9.17, 15) is 4.79 Å². The highest BCUT2D eigenvalue weighted by atomic mass is 16.6. The van der Waals surface area contributed by atoms with Gasteiger partial charge in [0.25, 0.3) is 5.91 Å². The van der Waals surface area contributed by atoms with Crippen molar-refractivity contribution in [3.8, 4) is 11.5 Å². The molecule has 3 aromatic rings. The number of rotatable bonds is 3. The van der Waals surface area contributed by atoms with E-state index >= 15 is 0 Å². The molecule has 0 aliphatic carbocycles. The molecule has 4 rings (SSSR count). The summed E-state index contributed by atoms with van der Waals surface area (Å²) in [5, 5.41) is 10.9. The van der Waals surface area contributed by atoms with Gasteiger partial charge < -0.3 is 15.2 Å². The molecule has 1 aliphatic heterocycles. The van der Waals surface area contributed by atoms with Crippen molar-refractivity contribution in [3.63, 3.8) is 0 Å². The zero-order chi connectivity index (χ0) is 16.0. The molecule has 9 heteroatoms. The summed E-state index contributed by atoms with van der Waals surface area (Å²) in [7, 11) is 0. The van der Waals surface area contributed by atoms with Crippen LogP contribution in [0.4, 0.5) is 5.82 Å². The Morgan fingerprint density at radius 3 is 2.83 bits per heavy atom. The Bertz CT molecular complexity index is 886. The Hall–Kier alpha value is -3.23. The summed E-state index contributed by atoms with van der Waals surface area (Å²) >= 11 is 0. The standard InChI is InChI=1S/C14H12N6O3/c1-7(20-6-8-4-2-3-5-9(8)14(20)21)13-16-12(19-22-13)10-11(15)18-23-17-10/h2-5,7H,6H2,1H3,(H2,15,18)/t7-/m1/s1. The highest BCUT2D eigenvalue weighted by Crippen LogP contribution is 2.31. The van der Waals surface area contributed by atoms with Gasteiger partial charge in [0.2, 0.25) is 11.7 Å². The summed E-state index contributed by atoms with van der Waals surface area (Å²) in [6.45, 7) is 2.33. The number of nitrogens with two attached hydrogens (primary N) is 1. The van der Waals surface area contributed by atoms with Crippen molar-refractivity contribution in [3.05, 3.63) is 41.3 Å². The van der Waals surface area contributed by atoms with Gasteiger partial charge in [-0.15, -0.1) is 0 Å². The molecule has 0 saturated carbocycles. The summed E-state index contributed by atoms with van der Waals surface area (Å²) < 4.78 is 9.76. The fourth-order valence-corrected chi connectivity index (χ4v) is 2.57. The molecule has 0 bridgehead atoms. The zero-order valence-corrected chi connectivity index (χ0v) is 12.1. The molecule has 1 atom stereocenters. The fourth-order valence-electron chi connectivity index (χ4n) is 2.57. The molecule has 0 fully saturated rings. The lowest BCUT2D eigenvalue weighted by Crippen LogP contribution is -2.27. The highest BCUT2D eigenvalue weighted by molar-refractivity contribution is 5.98. The van der Waals surface area contributed by atoms with Crippen LogP contribution in [-0.4, -0.2) is 31.3 Å². The average Bonchev–Trinajstić information content (AvgIpc) is 3.26. The number of fused-ring (bicyclic) bond motifs is 1. The van der Waals surface area contributed by atoms with Crippen LogP contribution >= 0.6 is 0 Å². The summed E-state index contributed by atoms with van der Waals surface area (Å²) in [4.78, 5) is 18.4. The Kier molecular flexibility index (Phi) is 2.86. The van der Waals surface area contributed by atoms with E-state index in [0.717, 1.165) is 5.56 Å². The third-order valence-electron chi connectivity index (χ3n) is 3.84. The van der Waals surface area contributed by atoms with Gasteiger partial charge in [-0.3, -0.25) is 4.79 Å². The third-order valence-corrected chi connectivity index (χ3v) is 3.84. The summed E-state index contributed by atoms with van der Waals surface area (Å²) in [6, 6.07) is 7.12. The molecule has 0 spiro atoms. The number of benzene rings is 1. The minimum Gasteiger partial charge on any atom is -0.379 e. The molecule has 0 saturated heterocycles. The lowest BCUT2D eigenvalue weighted by atomic mass is 10.1. The first-order chi connectivity index (χ1) is 11.1. The zero-order valence-electron chi connectivity index (χ0n) is 12.1. The summed E-state index contributed by atoms with van der Waals surface area (Å²) in [6.07, 6.45) is 0. The predicted octanol–water partition coefficient (Wildman–Crippen LogP) is 1.42. The van der Waals surface area contributed by atoms with Crippen molar-refractivity contribution < 1.29 is 13.9 Å². The van der Waals surface area contributed by atoms with E-state index in [4.69, 9.17) is 10.3 Å². The number of aromatic nitrogens is 4. The van der Waals surface area contributed by atoms with E-state index in [2.05, 4.69) is 25.1 Å². The van der Waals surface area contributed by atoms with Crippen molar-refractivity contribution >= 4 is 11.7 Å². The quantitative estimate of drug-likeness (QED) is 0.769. The second kappa shape index (κ2) is 4.90. The normalized spacial score (nSPS) is 15.0. The van der Waals surface area contributed by atoms with E-state index in [1.807, 2.05) is 31.2 Å². The summed E-state index contributed by atoms with van der Waals surface area (Å²) in [5.74, 6) is 0.489. The van der Waals surface area contributed by atoms with Crippen molar-refractivity contribution in [2.45, 2.75) is 19.5 Å². The monoisotopic (exact) mass is 312 g/mol. The number of anilines is 1. The fraction of sp³-hybridized carbons (Fsp3) is 0.214. The smallest absolute Gasteiger partial charge is 0.255 e. The first kappa shape index (κ1) is 13.4. The average molecular weight is 312 g/mol. The van der Waals surface area contributed by atoms with E-state index in [0.29, 0.717) is 18.0 Å². The number of carbonyl (C=O) groups is 1. The van der Waals surface area contributed by atoms with Crippen LogP contribution in [0.3, 0.4) is 0 Å². The van der Waals surface area contributed by atoms with Crippen molar-refractivity contribution in [1.82, 2.24) is 25.4 Å². The van der Waals surface area contributed by atoms with Gasteiger partial charge in [0, 0.05) is 12.1 Å². The number of nitrogens with zero attached hydrogens (tertiary/aromatic N) is 5. The molecule has 1 amide bonds. The minimum absolute atomic E-state index is 0.0598. The first-order valence-corrected chi connectivity index (χ1v) is 6.96. The van der Waals surface area contributed by atoms with Crippen LogP contribution in [-0.2, 0) is 6.54 Å². The van der Waals surface area contributed by atoms with Gasteiger partial charge in [0.15, 0.2) is 11.5 Å². The van der Waals surface area contributed by atoms with Gasteiger partial charge in [-0.05, 0) is 28.9 Å². The molecule has 3 heterocycles. The molecule has 1 aliphatic rings. The number of amides is 1. The van der Waals surface area contributed by atoms with Gasteiger partial charge in [-0.1, -0.05) is 23.4 Å². The molecule has 1 aromatic carbocycles. The molecule has 0 unspecified atom stereocenters. The Morgan fingerprint density at radius 2 is 2.09 bits per heavy atom. The lowest BCUT2D eigenvalue weighted by molar-refractivity contribution is 0.0684. The molecular formula is C14H12N6O3. The maximum atomic E-state index is 12.5. The van der Waals surface area contributed by atoms with Gasteiger partial charge in [-0.2, -0.15) is 4.98 Å². The van der Waals surface area contributed by atoms with E-state index in [1.54, 1.807) is 4.90 Å². The number of hydrogen-bond acceptors (Lipinski definition) is 8. The van der Waals surface area contributed by atoms with Crippen LogP contribution in [0.2, 0.25) is 0 Å². The van der Waals surface area contributed by atoms with Crippen molar-refractivity contribution in [2.75, 3.05) is 5.73 Å². The van der Waals surface area contributed by atoms with Crippen LogP contribution < -0.4 is 5.73 Å². The van der Waals surface area contributed by atoms with Crippen molar-refractivity contribution in [1.29, 1.82) is 0 Å². The minimum atomic E-state index is -0.378. The first-order valence-electron chi connectivity index (χ1n) is 6.96. The second-order valence-corrected chi connectivity index (χ2v) is 5.22. The maximum absolute atomic E-state index is 12.5. The molecule has 2 aromatic heterocycles. The van der Waals surface area contributed by atoms with Crippen LogP contribution in [0.5, 0.6) is 0 Å². The van der Waals surface area contributed by atoms with Crippen LogP contribution in [0.1, 0.15) is 34.8 Å². The van der Waals surface area contributed by atoms with E-state index in [-0.39, 0.29) is 29.3 Å². The van der Waals surface area contributed by atoms with E-state index in [1.165, 1.54) is 0 Å². The summed E-state index contributed by atoms with van der Waals surface area (Å²) in [5.41, 5.74) is 7.50. The van der Waals surface area contributed by atoms with E-state index < -0.39 is 0 Å². The van der Waals surface area contributed by atoms with Crippen LogP contribution in [0.15, 0.2) is 33.4 Å². The molecular weight excluding hydrogens is 300 g/mol. The predicted molar refractivity (Wildman–Crippen MR) is 76.7 cm³/mol. The second-order valence-electron chi connectivity index (χ2n) is 5.22. The Balaban J connectivity index is 1.62. The van der Waals surface area contributed by atoms with Gasteiger partial charge in [-0.25, -0.2) is 4.63 Å². The van der Waals surface area contributed by atoms with Crippen LogP contribution in [0.25, 0.3) is 11.5 Å². The number of carbonyl (C=O) groups excluding carboxylic acids is 1. The maximum Gasteiger partial charge on any atom is 0.255 e. The Morgan fingerprint density at radius 1 is 1.26 bits per heavy atom. The lowest BCUT2D eigenvalue weighted by Gasteiger charge is -2.20. The third kappa shape index (κ3) is 2.05. The van der Waals surface area contributed by atoms with Gasteiger partial charge in [0.1, 0.15) is 6.04 Å². The number of nitrogen functional groups attached to an aromatic ring is 1. The largest absolute Gasteiger partial charge is 0.379 e. The highest BCUT2D eigenvalue weighted by Gasteiger charge is 2.33. The number of hydrogen-bond donors (Lipinski definition) is 1. The molecule has 2 N–H and O–H groups in total. The van der Waals surface area contributed by atoms with Gasteiger partial charge in [0.05, 0.1) is 0 Å². The molecule has 0 radical (unpaired) electrons. The SMILES string of the molecule is C[C@H](c1nc(-c2nonc2N)no1)N1Cc2ccccc2C1=O. The molecule has 9 nitrogen and oxygen atoms in total. The molecule has 116 valence electrons. The topological polar surface area (TPSA) is 124 Å². The molecule has 23 heavy (non-hydrogen) atoms.